The van der Waals surface area contributed by atoms with Gasteiger partial charge in [0.2, 0.25) is 15.9 Å². The Hall–Kier alpha value is -4.21. The Morgan fingerprint density at radius 2 is 1.31 bits per heavy atom. The van der Waals surface area contributed by atoms with Gasteiger partial charge in [0.1, 0.15) is 23.8 Å². The van der Waals surface area contributed by atoms with Crippen molar-refractivity contribution in [1.29, 1.82) is 0 Å². The third kappa shape index (κ3) is 7.21. The summed E-state index contributed by atoms with van der Waals surface area (Å²) in [7, 11) is -1.33. The first-order chi connectivity index (χ1) is 21.5. The molecule has 0 unspecified atom stereocenters. The van der Waals surface area contributed by atoms with E-state index < -0.39 is 32.5 Å². The molecule has 0 saturated carbocycles. The molecule has 45 heavy (non-hydrogen) atoms. The fourth-order valence-electron chi connectivity index (χ4n) is 4.92. The largest absolute Gasteiger partial charge is 0.497 e. The summed E-state index contributed by atoms with van der Waals surface area (Å²) in [6, 6.07) is 12.7. The number of amides is 1. The van der Waals surface area contributed by atoms with Crippen LogP contribution in [0.15, 0.2) is 64.4 Å². The van der Waals surface area contributed by atoms with Gasteiger partial charge in [0.25, 0.3) is 10.0 Å². The lowest BCUT2D eigenvalue weighted by atomic mass is 10.2. The third-order valence-corrected chi connectivity index (χ3v) is 10.9. The normalized spacial score (nSPS) is 13.9. The minimum absolute atomic E-state index is 0.0233. The maximum Gasteiger partial charge on any atom is 0.265 e. The van der Waals surface area contributed by atoms with Crippen LogP contribution in [0.4, 0.5) is 11.4 Å². The number of anilines is 2. The standard InChI is InChI=1S/C30H37N3O10S2/c1-39-21-9-12-27(41-3)25(17-21)33(45(37,38)23-11-14-28(42-4)29(19-23)43-5)20-30(34)31-24-18-22(10-13-26(24)40-2)44(35,36)32-15-7-6-8-16-32/h9-14,17-19H,6-8,15-16,20H2,1-5H3,(H,31,34). The van der Waals surface area contributed by atoms with Gasteiger partial charge >= 0.3 is 0 Å². The number of sulfonamides is 2. The highest BCUT2D eigenvalue weighted by Gasteiger charge is 2.32. The van der Waals surface area contributed by atoms with Gasteiger partial charge in [-0.25, -0.2) is 16.8 Å². The van der Waals surface area contributed by atoms with E-state index in [2.05, 4.69) is 5.32 Å². The Morgan fingerprint density at radius 3 is 1.93 bits per heavy atom. The van der Waals surface area contributed by atoms with Crippen molar-refractivity contribution < 1.29 is 45.3 Å². The number of methoxy groups -OCH3 is 5. The van der Waals surface area contributed by atoms with E-state index in [4.69, 9.17) is 23.7 Å². The first-order valence-corrected chi connectivity index (χ1v) is 16.8. The molecule has 1 heterocycles. The quantitative estimate of drug-likeness (QED) is 0.287. The highest BCUT2D eigenvalue weighted by atomic mass is 32.2. The number of nitrogens with zero attached hydrogens (tertiary/aromatic N) is 2. The van der Waals surface area contributed by atoms with Crippen molar-refractivity contribution in [3.63, 3.8) is 0 Å². The summed E-state index contributed by atoms with van der Waals surface area (Å²) >= 11 is 0. The van der Waals surface area contributed by atoms with Gasteiger partial charge in [0.05, 0.1) is 56.7 Å². The predicted molar refractivity (Wildman–Crippen MR) is 168 cm³/mol. The number of nitrogens with one attached hydrogen (secondary N) is 1. The molecule has 0 spiro atoms. The minimum atomic E-state index is -4.45. The zero-order chi connectivity index (χ0) is 32.8. The molecule has 0 aliphatic carbocycles. The average molecular weight is 664 g/mol. The Balaban J connectivity index is 1.75. The van der Waals surface area contributed by atoms with Crippen LogP contribution in [0.2, 0.25) is 0 Å². The number of hydrogen-bond donors (Lipinski definition) is 1. The van der Waals surface area contributed by atoms with Crippen LogP contribution in [0, 0.1) is 0 Å². The van der Waals surface area contributed by atoms with Crippen LogP contribution in [0.3, 0.4) is 0 Å². The molecule has 3 aromatic rings. The van der Waals surface area contributed by atoms with Crippen LogP contribution in [0.25, 0.3) is 0 Å². The van der Waals surface area contributed by atoms with Crippen molar-refractivity contribution >= 4 is 37.3 Å². The summed E-state index contributed by atoms with van der Waals surface area (Å²) in [5.41, 5.74) is 0.0804. The smallest absolute Gasteiger partial charge is 0.265 e. The Labute approximate surface area is 263 Å². The molecule has 1 saturated heterocycles. The Morgan fingerprint density at radius 1 is 0.711 bits per heavy atom. The van der Waals surface area contributed by atoms with Gasteiger partial charge in [0, 0.05) is 25.2 Å². The summed E-state index contributed by atoms with van der Waals surface area (Å²) in [5.74, 6) is 0.350. The molecule has 1 fully saturated rings. The van der Waals surface area contributed by atoms with Gasteiger partial charge in [0.15, 0.2) is 11.5 Å². The van der Waals surface area contributed by atoms with E-state index in [0.29, 0.717) is 24.6 Å². The second-order valence-corrected chi connectivity index (χ2v) is 13.7. The second kappa shape index (κ2) is 14.3. The van der Waals surface area contributed by atoms with Crippen LogP contribution in [-0.2, 0) is 24.8 Å². The van der Waals surface area contributed by atoms with Crippen LogP contribution < -0.4 is 33.3 Å². The van der Waals surface area contributed by atoms with Gasteiger partial charge in [-0.2, -0.15) is 4.31 Å². The van der Waals surface area contributed by atoms with E-state index in [9.17, 15) is 21.6 Å². The van der Waals surface area contributed by atoms with E-state index in [1.54, 1.807) is 6.07 Å². The zero-order valence-corrected chi connectivity index (χ0v) is 27.4. The molecule has 3 aromatic carbocycles. The maximum atomic E-state index is 14.2. The maximum absolute atomic E-state index is 14.2. The number of hydrogen-bond acceptors (Lipinski definition) is 10. The van der Waals surface area contributed by atoms with E-state index in [1.165, 1.54) is 88.4 Å². The first kappa shape index (κ1) is 33.7. The van der Waals surface area contributed by atoms with Crippen LogP contribution in [0.1, 0.15) is 19.3 Å². The highest BCUT2D eigenvalue weighted by molar-refractivity contribution is 7.93. The molecule has 1 aliphatic rings. The number of benzene rings is 3. The molecule has 0 bridgehead atoms. The molecule has 4 rings (SSSR count). The van der Waals surface area contributed by atoms with Crippen molar-refractivity contribution in [2.45, 2.75) is 29.1 Å². The number of carbonyl (C=O) groups is 1. The molecular weight excluding hydrogens is 626 g/mol. The molecular formula is C30H37N3O10S2. The molecule has 0 aromatic heterocycles. The molecule has 13 nitrogen and oxygen atoms in total. The molecule has 1 amide bonds. The lowest BCUT2D eigenvalue weighted by Gasteiger charge is -2.27. The lowest BCUT2D eigenvalue weighted by molar-refractivity contribution is -0.114. The van der Waals surface area contributed by atoms with Gasteiger partial charge in [-0.15, -0.1) is 0 Å². The number of ether oxygens (including phenoxy) is 5. The summed E-state index contributed by atoms with van der Waals surface area (Å²) in [4.78, 5) is 13.4. The molecule has 15 heteroatoms. The van der Waals surface area contributed by atoms with Gasteiger partial charge in [-0.3, -0.25) is 9.10 Å². The second-order valence-electron chi connectivity index (χ2n) is 9.94. The van der Waals surface area contributed by atoms with Gasteiger partial charge in [-0.1, -0.05) is 6.42 Å². The summed E-state index contributed by atoms with van der Waals surface area (Å²) in [6.45, 7) is 0.0786. The van der Waals surface area contributed by atoms with Gasteiger partial charge in [-0.05, 0) is 55.3 Å². The van der Waals surface area contributed by atoms with Crippen molar-refractivity contribution in [2.24, 2.45) is 0 Å². The van der Waals surface area contributed by atoms with Crippen LogP contribution >= 0.6 is 0 Å². The SMILES string of the molecule is COc1ccc(OC)c(N(CC(=O)Nc2cc(S(=O)(=O)N3CCCCC3)ccc2OC)S(=O)(=O)c2ccc(OC)c(OC)c2)c1. The number of piperidine rings is 1. The monoisotopic (exact) mass is 663 g/mol. The molecule has 0 radical (unpaired) electrons. The fraction of sp³-hybridized carbons (Fsp3) is 0.367. The Bertz CT molecular complexity index is 1740. The summed E-state index contributed by atoms with van der Waals surface area (Å²) in [6.07, 6.45) is 2.48. The average Bonchev–Trinajstić information content (AvgIpc) is 3.06. The molecule has 244 valence electrons. The van der Waals surface area contributed by atoms with Crippen molar-refractivity contribution in [3.05, 3.63) is 54.6 Å². The lowest BCUT2D eigenvalue weighted by Crippen LogP contribution is -2.38. The van der Waals surface area contributed by atoms with E-state index in [1.807, 2.05) is 0 Å². The van der Waals surface area contributed by atoms with E-state index in [0.717, 1.165) is 23.6 Å². The van der Waals surface area contributed by atoms with Gasteiger partial charge < -0.3 is 29.0 Å². The van der Waals surface area contributed by atoms with Crippen molar-refractivity contribution in [3.8, 4) is 28.7 Å². The van der Waals surface area contributed by atoms with E-state index in [-0.39, 0.29) is 38.4 Å². The molecule has 1 N–H and O–H groups in total. The fourth-order valence-corrected chi connectivity index (χ4v) is 7.90. The highest BCUT2D eigenvalue weighted by Crippen LogP contribution is 2.38. The minimum Gasteiger partial charge on any atom is -0.497 e. The molecule has 1 aliphatic heterocycles. The van der Waals surface area contributed by atoms with Crippen molar-refractivity contribution in [1.82, 2.24) is 4.31 Å². The summed E-state index contributed by atoms with van der Waals surface area (Å²) < 4.78 is 84.1. The topological polar surface area (TPSA) is 150 Å². The number of carbonyl (C=O) groups excluding carboxylic acids is 1. The van der Waals surface area contributed by atoms with Crippen LogP contribution in [-0.4, -0.2) is 82.2 Å². The molecule has 0 atom stereocenters. The predicted octanol–water partition coefficient (Wildman–Crippen LogP) is 3.74. The number of rotatable bonds is 13. The van der Waals surface area contributed by atoms with Crippen molar-refractivity contribution in [2.75, 3.05) is 64.8 Å². The first-order valence-electron chi connectivity index (χ1n) is 13.9. The summed E-state index contributed by atoms with van der Waals surface area (Å²) in [5, 5.41) is 2.64. The third-order valence-electron chi connectivity index (χ3n) is 7.28. The van der Waals surface area contributed by atoms with E-state index >= 15 is 0 Å². The van der Waals surface area contributed by atoms with Crippen LogP contribution in [0.5, 0.6) is 28.7 Å². The Kier molecular flexibility index (Phi) is 10.7. The zero-order valence-electron chi connectivity index (χ0n) is 25.7.